The van der Waals surface area contributed by atoms with Crippen molar-refractivity contribution in [3.63, 3.8) is 0 Å². The standard InChI is InChI=1S/C17H19N5O2/c1-21(2)17(24)22-15-13(19-16(22)23)11-18-14(20-15)10-6-9-12-7-4-3-5-8-12/h3-5,7-8,11H,6,9-10H2,1-2H3,(H,19,23). The van der Waals surface area contributed by atoms with Crippen molar-refractivity contribution < 1.29 is 4.79 Å². The van der Waals surface area contributed by atoms with Crippen LogP contribution in [0.5, 0.6) is 0 Å². The Kier molecular flexibility index (Phi) is 4.41. The molecule has 3 rings (SSSR count). The van der Waals surface area contributed by atoms with E-state index in [9.17, 15) is 9.59 Å². The van der Waals surface area contributed by atoms with Crippen LogP contribution in [0.1, 0.15) is 17.8 Å². The number of hydrogen-bond donors (Lipinski definition) is 1. The summed E-state index contributed by atoms with van der Waals surface area (Å²) in [5, 5.41) is 0. The molecule has 1 N–H and O–H groups in total. The van der Waals surface area contributed by atoms with Gasteiger partial charge in [-0.25, -0.2) is 19.6 Å². The van der Waals surface area contributed by atoms with Crippen molar-refractivity contribution in [3.8, 4) is 0 Å². The van der Waals surface area contributed by atoms with Gasteiger partial charge >= 0.3 is 11.7 Å². The van der Waals surface area contributed by atoms with E-state index in [1.54, 1.807) is 20.3 Å². The first-order chi connectivity index (χ1) is 11.6. The van der Waals surface area contributed by atoms with Crippen LogP contribution in [0.15, 0.2) is 41.3 Å². The minimum Gasteiger partial charge on any atom is -0.330 e. The van der Waals surface area contributed by atoms with Gasteiger partial charge in [-0.05, 0) is 18.4 Å². The summed E-state index contributed by atoms with van der Waals surface area (Å²) in [6.45, 7) is 0. The average Bonchev–Trinajstić information content (AvgIpc) is 2.90. The van der Waals surface area contributed by atoms with Crippen molar-refractivity contribution in [2.24, 2.45) is 0 Å². The molecule has 0 radical (unpaired) electrons. The maximum Gasteiger partial charge on any atom is 0.336 e. The fraction of sp³-hybridized carbons (Fsp3) is 0.294. The summed E-state index contributed by atoms with van der Waals surface area (Å²) in [7, 11) is 3.19. The number of H-pyrrole nitrogens is 1. The average molecular weight is 325 g/mol. The number of aromatic amines is 1. The highest BCUT2D eigenvalue weighted by atomic mass is 16.2. The molecule has 0 spiro atoms. The van der Waals surface area contributed by atoms with Crippen LogP contribution < -0.4 is 5.69 Å². The summed E-state index contributed by atoms with van der Waals surface area (Å²) in [4.78, 5) is 36.8. The Morgan fingerprint density at radius 1 is 1.21 bits per heavy atom. The molecule has 0 atom stereocenters. The summed E-state index contributed by atoms with van der Waals surface area (Å²) >= 11 is 0. The summed E-state index contributed by atoms with van der Waals surface area (Å²) in [6.07, 6.45) is 4.06. The Balaban J connectivity index is 1.81. The number of hydrogen-bond acceptors (Lipinski definition) is 4. The first-order valence-electron chi connectivity index (χ1n) is 7.78. The largest absolute Gasteiger partial charge is 0.336 e. The molecule has 0 fully saturated rings. The second-order valence-corrected chi connectivity index (χ2v) is 5.81. The third-order valence-corrected chi connectivity index (χ3v) is 3.76. The zero-order chi connectivity index (χ0) is 17.1. The van der Waals surface area contributed by atoms with Crippen molar-refractivity contribution in [1.29, 1.82) is 0 Å². The van der Waals surface area contributed by atoms with Gasteiger partial charge in [-0.1, -0.05) is 30.3 Å². The number of carbonyl (C=O) groups excluding carboxylic acids is 1. The lowest BCUT2D eigenvalue weighted by atomic mass is 10.1. The smallest absolute Gasteiger partial charge is 0.330 e. The van der Waals surface area contributed by atoms with Crippen LogP contribution in [0.3, 0.4) is 0 Å². The van der Waals surface area contributed by atoms with Crippen LogP contribution in [0.2, 0.25) is 0 Å². The Hall–Kier alpha value is -2.96. The molecule has 0 aliphatic carbocycles. The van der Waals surface area contributed by atoms with Crippen LogP contribution in [0, 0.1) is 0 Å². The predicted octanol–water partition coefficient (Wildman–Crippen LogP) is 1.82. The molecule has 7 heteroatoms. The number of carbonyl (C=O) groups is 1. The first-order valence-corrected chi connectivity index (χ1v) is 7.78. The van der Waals surface area contributed by atoms with E-state index in [1.807, 2.05) is 18.2 Å². The summed E-state index contributed by atoms with van der Waals surface area (Å²) in [5.41, 5.74) is 1.55. The van der Waals surface area contributed by atoms with Crippen LogP contribution in [0.4, 0.5) is 4.79 Å². The minimum absolute atomic E-state index is 0.323. The number of nitrogens with zero attached hydrogens (tertiary/aromatic N) is 4. The number of benzene rings is 1. The lowest BCUT2D eigenvalue weighted by Crippen LogP contribution is -2.34. The normalized spacial score (nSPS) is 10.9. The fourth-order valence-electron chi connectivity index (χ4n) is 2.53. The van der Waals surface area contributed by atoms with Gasteiger partial charge < -0.3 is 9.88 Å². The minimum atomic E-state index is -0.501. The maximum atomic E-state index is 12.2. The molecule has 0 saturated carbocycles. The third-order valence-electron chi connectivity index (χ3n) is 3.76. The monoisotopic (exact) mass is 325 g/mol. The Labute approximate surface area is 139 Å². The van der Waals surface area contributed by atoms with E-state index >= 15 is 0 Å². The molecule has 0 unspecified atom stereocenters. The molecular formula is C17H19N5O2. The lowest BCUT2D eigenvalue weighted by molar-refractivity contribution is 0.219. The van der Waals surface area contributed by atoms with E-state index in [-0.39, 0.29) is 0 Å². The molecular weight excluding hydrogens is 306 g/mol. The quantitative estimate of drug-likeness (QED) is 0.793. The zero-order valence-electron chi connectivity index (χ0n) is 13.7. The molecule has 2 aromatic heterocycles. The maximum absolute atomic E-state index is 12.2. The Bertz CT molecular complexity index is 912. The summed E-state index contributed by atoms with van der Waals surface area (Å²) in [6, 6.07) is 9.77. The highest BCUT2D eigenvalue weighted by molar-refractivity contribution is 5.86. The third kappa shape index (κ3) is 3.19. The van der Waals surface area contributed by atoms with E-state index in [0.717, 1.165) is 17.4 Å². The second kappa shape index (κ2) is 6.66. The van der Waals surface area contributed by atoms with Gasteiger partial charge in [-0.3, -0.25) is 0 Å². The number of amides is 1. The SMILES string of the molecule is CN(C)C(=O)n1c(=O)[nH]c2cnc(CCCc3ccccc3)nc21. The molecule has 0 saturated heterocycles. The number of aromatic nitrogens is 4. The van der Waals surface area contributed by atoms with E-state index < -0.39 is 11.7 Å². The van der Waals surface area contributed by atoms with Gasteiger partial charge in [0.15, 0.2) is 5.65 Å². The number of aryl methyl sites for hydroxylation is 2. The van der Waals surface area contributed by atoms with Crippen molar-refractivity contribution in [2.75, 3.05) is 14.1 Å². The molecule has 0 aliphatic rings. The summed E-state index contributed by atoms with van der Waals surface area (Å²) in [5.74, 6) is 0.623. The van der Waals surface area contributed by atoms with E-state index in [4.69, 9.17) is 0 Å². The Morgan fingerprint density at radius 2 is 1.96 bits per heavy atom. The second-order valence-electron chi connectivity index (χ2n) is 5.81. The molecule has 0 aliphatic heterocycles. The van der Waals surface area contributed by atoms with Crippen molar-refractivity contribution in [3.05, 3.63) is 58.4 Å². The van der Waals surface area contributed by atoms with E-state index in [0.29, 0.717) is 23.4 Å². The molecule has 0 bridgehead atoms. The van der Waals surface area contributed by atoms with Crippen LogP contribution in [0.25, 0.3) is 11.2 Å². The topological polar surface area (TPSA) is 83.9 Å². The highest BCUT2D eigenvalue weighted by Gasteiger charge is 2.17. The fourth-order valence-corrected chi connectivity index (χ4v) is 2.53. The number of fused-ring (bicyclic) bond motifs is 1. The van der Waals surface area contributed by atoms with Gasteiger partial charge in [-0.15, -0.1) is 0 Å². The molecule has 1 amide bonds. The van der Waals surface area contributed by atoms with Gasteiger partial charge in [0.2, 0.25) is 0 Å². The predicted molar refractivity (Wildman–Crippen MR) is 91.1 cm³/mol. The molecule has 3 aromatic rings. The van der Waals surface area contributed by atoms with Gasteiger partial charge in [0.05, 0.1) is 6.20 Å². The van der Waals surface area contributed by atoms with E-state index in [1.165, 1.54) is 10.5 Å². The van der Waals surface area contributed by atoms with Crippen molar-refractivity contribution in [1.82, 2.24) is 24.4 Å². The zero-order valence-corrected chi connectivity index (χ0v) is 13.7. The van der Waals surface area contributed by atoms with Gasteiger partial charge in [0.1, 0.15) is 11.3 Å². The lowest BCUT2D eigenvalue weighted by Gasteiger charge is -2.10. The molecule has 24 heavy (non-hydrogen) atoms. The van der Waals surface area contributed by atoms with Crippen molar-refractivity contribution >= 4 is 17.2 Å². The number of rotatable bonds is 4. The van der Waals surface area contributed by atoms with Crippen molar-refractivity contribution in [2.45, 2.75) is 19.3 Å². The number of imidazole rings is 1. The highest BCUT2D eigenvalue weighted by Crippen LogP contribution is 2.10. The van der Waals surface area contributed by atoms with Crippen LogP contribution in [-0.2, 0) is 12.8 Å². The molecule has 1 aromatic carbocycles. The van der Waals surface area contributed by atoms with Crippen LogP contribution in [-0.4, -0.2) is 44.5 Å². The van der Waals surface area contributed by atoms with Gasteiger partial charge in [-0.2, -0.15) is 4.57 Å². The summed E-state index contributed by atoms with van der Waals surface area (Å²) < 4.78 is 1.04. The number of nitrogens with one attached hydrogen (secondary N) is 1. The van der Waals surface area contributed by atoms with Crippen LogP contribution >= 0.6 is 0 Å². The van der Waals surface area contributed by atoms with E-state index in [2.05, 4.69) is 27.1 Å². The molecule has 2 heterocycles. The molecule has 7 nitrogen and oxygen atoms in total. The molecule has 124 valence electrons. The van der Waals surface area contributed by atoms with Gasteiger partial charge in [0.25, 0.3) is 0 Å². The van der Waals surface area contributed by atoms with Gasteiger partial charge in [0, 0.05) is 20.5 Å². The first kappa shape index (κ1) is 15.9. The Morgan fingerprint density at radius 3 is 2.67 bits per heavy atom.